The molecular formula is C25H26FN3O3S. The van der Waals surface area contributed by atoms with Gasteiger partial charge in [0.05, 0.1) is 5.56 Å². The highest BCUT2D eigenvalue weighted by Crippen LogP contribution is 2.32. The lowest BCUT2D eigenvalue weighted by atomic mass is 9.91. The van der Waals surface area contributed by atoms with Gasteiger partial charge in [0.1, 0.15) is 5.82 Å². The number of nitrogens with zero attached hydrogens (tertiary/aromatic N) is 1. The van der Waals surface area contributed by atoms with Crippen molar-refractivity contribution >= 4 is 34.0 Å². The van der Waals surface area contributed by atoms with Crippen LogP contribution in [-0.4, -0.2) is 28.5 Å². The Morgan fingerprint density at radius 1 is 1.15 bits per heavy atom. The standard InChI is InChI=1S/C25H26FN3O3S/c1-14-19(11-17(23(31)32)12-21(14)26)18-7-6-16(15(2)28-13-25(3,4)5)10-20(18)22(30)29-24-27-8-9-33-24/h6-12,28H,2,13H2,1,3-5H3,(H,31,32)(H,27,29,30). The van der Waals surface area contributed by atoms with Crippen LogP contribution in [0.1, 0.15) is 52.6 Å². The molecule has 3 rings (SSSR count). The van der Waals surface area contributed by atoms with E-state index in [-0.39, 0.29) is 22.1 Å². The third kappa shape index (κ3) is 5.84. The number of hydrogen-bond donors (Lipinski definition) is 3. The van der Waals surface area contributed by atoms with Crippen molar-refractivity contribution in [2.24, 2.45) is 5.41 Å². The largest absolute Gasteiger partial charge is 0.478 e. The molecule has 0 aliphatic heterocycles. The molecule has 33 heavy (non-hydrogen) atoms. The van der Waals surface area contributed by atoms with Crippen molar-refractivity contribution in [2.45, 2.75) is 27.7 Å². The van der Waals surface area contributed by atoms with Gasteiger partial charge in [-0.2, -0.15) is 0 Å². The Kier molecular flexibility index (Phi) is 6.98. The lowest BCUT2D eigenvalue weighted by Gasteiger charge is -2.21. The number of nitrogens with one attached hydrogen (secondary N) is 2. The van der Waals surface area contributed by atoms with Crippen molar-refractivity contribution in [3.05, 3.63) is 76.6 Å². The number of carboxylic acids is 1. The molecule has 1 heterocycles. The summed E-state index contributed by atoms with van der Waals surface area (Å²) >= 11 is 1.27. The summed E-state index contributed by atoms with van der Waals surface area (Å²) in [5, 5.41) is 17.6. The molecule has 0 radical (unpaired) electrons. The highest BCUT2D eigenvalue weighted by Gasteiger charge is 2.20. The van der Waals surface area contributed by atoms with E-state index in [1.54, 1.807) is 36.7 Å². The Morgan fingerprint density at radius 2 is 1.88 bits per heavy atom. The maximum absolute atomic E-state index is 14.5. The van der Waals surface area contributed by atoms with Crippen LogP contribution in [0.25, 0.3) is 16.8 Å². The lowest BCUT2D eigenvalue weighted by molar-refractivity contribution is 0.0696. The zero-order valence-electron chi connectivity index (χ0n) is 19.0. The molecule has 0 bridgehead atoms. The van der Waals surface area contributed by atoms with Gasteiger partial charge in [-0.15, -0.1) is 11.3 Å². The van der Waals surface area contributed by atoms with Gasteiger partial charge in [0.15, 0.2) is 5.13 Å². The highest BCUT2D eigenvalue weighted by atomic mass is 32.1. The van der Waals surface area contributed by atoms with Gasteiger partial charge in [0.25, 0.3) is 5.91 Å². The quantitative estimate of drug-likeness (QED) is 0.408. The van der Waals surface area contributed by atoms with E-state index in [1.807, 2.05) is 0 Å². The van der Waals surface area contributed by atoms with Gasteiger partial charge >= 0.3 is 5.97 Å². The molecule has 172 valence electrons. The number of rotatable bonds is 7. The van der Waals surface area contributed by atoms with E-state index < -0.39 is 17.7 Å². The normalized spacial score (nSPS) is 11.2. The Balaban J connectivity index is 2.11. The summed E-state index contributed by atoms with van der Waals surface area (Å²) in [5.74, 6) is -2.34. The summed E-state index contributed by atoms with van der Waals surface area (Å²) in [5.41, 5.74) is 2.42. The molecule has 0 aliphatic carbocycles. The smallest absolute Gasteiger partial charge is 0.335 e. The minimum Gasteiger partial charge on any atom is -0.478 e. The van der Waals surface area contributed by atoms with Crippen molar-refractivity contribution in [1.82, 2.24) is 10.3 Å². The first-order chi connectivity index (χ1) is 15.5. The van der Waals surface area contributed by atoms with Crippen molar-refractivity contribution < 1.29 is 19.1 Å². The maximum atomic E-state index is 14.5. The van der Waals surface area contributed by atoms with E-state index in [2.05, 4.69) is 43.0 Å². The number of carbonyl (C=O) groups is 2. The number of amides is 1. The van der Waals surface area contributed by atoms with Gasteiger partial charge in [-0.25, -0.2) is 14.2 Å². The molecule has 1 amide bonds. The topological polar surface area (TPSA) is 91.3 Å². The monoisotopic (exact) mass is 467 g/mol. The summed E-state index contributed by atoms with van der Waals surface area (Å²) < 4.78 is 14.5. The summed E-state index contributed by atoms with van der Waals surface area (Å²) in [6, 6.07) is 7.48. The molecule has 0 spiro atoms. The Morgan fingerprint density at radius 3 is 2.48 bits per heavy atom. The van der Waals surface area contributed by atoms with Crippen LogP contribution >= 0.6 is 11.3 Å². The second-order valence-corrected chi connectivity index (χ2v) is 9.77. The van der Waals surface area contributed by atoms with Crippen LogP contribution in [0.2, 0.25) is 0 Å². The zero-order valence-corrected chi connectivity index (χ0v) is 19.8. The van der Waals surface area contributed by atoms with E-state index in [0.29, 0.717) is 34.1 Å². The van der Waals surface area contributed by atoms with Crippen LogP contribution in [0.5, 0.6) is 0 Å². The zero-order chi connectivity index (χ0) is 24.3. The second-order valence-electron chi connectivity index (χ2n) is 8.88. The highest BCUT2D eigenvalue weighted by molar-refractivity contribution is 7.13. The molecule has 2 aromatic carbocycles. The van der Waals surface area contributed by atoms with Gasteiger partial charge in [0, 0.05) is 29.4 Å². The third-order valence-corrected chi connectivity index (χ3v) is 5.67. The summed E-state index contributed by atoms with van der Waals surface area (Å²) in [6.45, 7) is 12.6. The van der Waals surface area contributed by atoms with Crippen molar-refractivity contribution in [3.63, 3.8) is 0 Å². The first kappa shape index (κ1) is 24.1. The number of hydrogen-bond acceptors (Lipinski definition) is 5. The Labute approximate surface area is 196 Å². The second kappa shape index (κ2) is 9.54. The molecule has 0 aliphatic rings. The molecule has 6 nitrogen and oxygen atoms in total. The molecule has 0 unspecified atom stereocenters. The molecule has 0 saturated heterocycles. The van der Waals surface area contributed by atoms with Gasteiger partial charge in [0.2, 0.25) is 0 Å². The number of carbonyl (C=O) groups excluding carboxylic acids is 1. The van der Waals surface area contributed by atoms with E-state index in [4.69, 9.17) is 0 Å². The first-order valence-electron chi connectivity index (χ1n) is 10.3. The molecule has 3 N–H and O–H groups in total. The Bertz CT molecular complexity index is 1210. The van der Waals surface area contributed by atoms with Crippen LogP contribution in [0.15, 0.2) is 48.5 Å². The maximum Gasteiger partial charge on any atom is 0.335 e. The van der Waals surface area contributed by atoms with Crippen LogP contribution in [0.4, 0.5) is 9.52 Å². The first-order valence-corrected chi connectivity index (χ1v) is 11.2. The van der Waals surface area contributed by atoms with Gasteiger partial charge in [-0.3, -0.25) is 10.1 Å². The average molecular weight is 468 g/mol. The molecule has 0 saturated carbocycles. The molecule has 0 atom stereocenters. The Hall–Kier alpha value is -3.52. The molecular weight excluding hydrogens is 441 g/mol. The number of benzene rings is 2. The van der Waals surface area contributed by atoms with Gasteiger partial charge in [-0.05, 0) is 52.8 Å². The fraction of sp³-hybridized carbons (Fsp3) is 0.240. The number of aromatic carboxylic acids is 1. The number of halogens is 1. The average Bonchev–Trinajstić information content (AvgIpc) is 3.25. The van der Waals surface area contributed by atoms with E-state index in [9.17, 15) is 19.1 Å². The summed E-state index contributed by atoms with van der Waals surface area (Å²) in [6.07, 6.45) is 1.58. The molecule has 0 fully saturated rings. The van der Waals surface area contributed by atoms with Crippen LogP contribution < -0.4 is 10.6 Å². The fourth-order valence-electron chi connectivity index (χ4n) is 3.16. The van der Waals surface area contributed by atoms with Crippen LogP contribution in [0, 0.1) is 18.2 Å². The molecule has 8 heteroatoms. The number of anilines is 1. The minimum absolute atomic E-state index is 0.0276. The summed E-state index contributed by atoms with van der Waals surface area (Å²) in [4.78, 5) is 28.8. The fourth-order valence-corrected chi connectivity index (χ4v) is 3.68. The number of thiazole rings is 1. The van der Waals surface area contributed by atoms with Crippen molar-refractivity contribution in [2.75, 3.05) is 11.9 Å². The van der Waals surface area contributed by atoms with Crippen LogP contribution in [0.3, 0.4) is 0 Å². The SMILES string of the molecule is C=C(NCC(C)(C)C)c1ccc(-c2cc(C(=O)O)cc(F)c2C)c(C(=O)Nc2nccs2)c1. The van der Waals surface area contributed by atoms with Crippen molar-refractivity contribution in [1.29, 1.82) is 0 Å². The third-order valence-electron chi connectivity index (χ3n) is 4.98. The minimum atomic E-state index is -1.25. The van der Waals surface area contributed by atoms with E-state index in [1.165, 1.54) is 17.4 Å². The number of aromatic nitrogens is 1. The van der Waals surface area contributed by atoms with E-state index in [0.717, 1.165) is 6.07 Å². The molecule has 1 aromatic heterocycles. The van der Waals surface area contributed by atoms with Crippen LogP contribution in [-0.2, 0) is 0 Å². The number of carboxylic acid groups (broad SMARTS) is 1. The molecule has 3 aromatic rings. The van der Waals surface area contributed by atoms with Gasteiger partial charge in [-0.1, -0.05) is 39.5 Å². The van der Waals surface area contributed by atoms with E-state index >= 15 is 0 Å². The van der Waals surface area contributed by atoms with Crippen molar-refractivity contribution in [3.8, 4) is 11.1 Å². The lowest BCUT2D eigenvalue weighted by Crippen LogP contribution is -2.25. The summed E-state index contributed by atoms with van der Waals surface area (Å²) in [7, 11) is 0. The van der Waals surface area contributed by atoms with Gasteiger partial charge < -0.3 is 10.4 Å². The predicted octanol–water partition coefficient (Wildman–Crippen LogP) is 5.81. The predicted molar refractivity (Wildman–Crippen MR) is 130 cm³/mol.